The van der Waals surface area contributed by atoms with E-state index in [-0.39, 0.29) is 0 Å². The summed E-state index contributed by atoms with van der Waals surface area (Å²) in [5.74, 6) is 0.743. The van der Waals surface area contributed by atoms with E-state index in [4.69, 9.17) is 14.3 Å². The predicted octanol–water partition coefficient (Wildman–Crippen LogP) is 4.61. The molecule has 0 aromatic heterocycles. The van der Waals surface area contributed by atoms with Crippen LogP contribution in [0.2, 0.25) is 0 Å². The Kier molecular flexibility index (Phi) is 9.27. The van der Waals surface area contributed by atoms with Crippen molar-refractivity contribution < 1.29 is 19.1 Å². The van der Waals surface area contributed by atoms with Crippen LogP contribution in [-0.2, 0) is 9.63 Å². The number of methoxy groups -OCH3 is 2. The summed E-state index contributed by atoms with van der Waals surface area (Å²) in [4.78, 5) is 16.6. The number of nitrogens with zero attached hydrogens (tertiary/aromatic N) is 1. The third-order valence-corrected chi connectivity index (χ3v) is 3.50. The number of benzene rings is 1. The zero-order chi connectivity index (χ0) is 17.8. The van der Waals surface area contributed by atoms with Gasteiger partial charge in [-0.15, -0.1) is 0 Å². The predicted molar refractivity (Wildman–Crippen MR) is 96.5 cm³/mol. The van der Waals surface area contributed by atoms with Gasteiger partial charge in [0, 0.05) is 6.08 Å². The van der Waals surface area contributed by atoms with E-state index in [1.807, 2.05) is 13.0 Å². The molecule has 132 valence electrons. The van der Waals surface area contributed by atoms with Gasteiger partial charge in [0.25, 0.3) is 0 Å². The van der Waals surface area contributed by atoms with Gasteiger partial charge >= 0.3 is 5.97 Å². The lowest BCUT2D eigenvalue weighted by Crippen LogP contribution is -1.99. The van der Waals surface area contributed by atoms with Crippen LogP contribution in [0.5, 0.6) is 11.5 Å². The minimum atomic E-state index is -0.502. The lowest BCUT2D eigenvalue weighted by Gasteiger charge is -2.07. The van der Waals surface area contributed by atoms with Crippen LogP contribution in [0.4, 0.5) is 0 Å². The number of rotatable bonds is 10. The van der Waals surface area contributed by atoms with Crippen LogP contribution in [0.15, 0.2) is 29.4 Å². The smallest absolute Gasteiger partial charge is 0.358 e. The Labute approximate surface area is 144 Å². The topological polar surface area (TPSA) is 57.1 Å². The van der Waals surface area contributed by atoms with Gasteiger partial charge in [0.1, 0.15) is 0 Å². The fraction of sp³-hybridized carbons (Fsp3) is 0.474. The molecule has 0 heterocycles. The molecule has 1 aromatic rings. The Balaban J connectivity index is 2.50. The van der Waals surface area contributed by atoms with Crippen molar-refractivity contribution in [1.82, 2.24) is 0 Å². The highest BCUT2D eigenvalue weighted by Crippen LogP contribution is 2.27. The van der Waals surface area contributed by atoms with Gasteiger partial charge in [0.05, 0.1) is 19.9 Å². The zero-order valence-corrected chi connectivity index (χ0v) is 15.0. The Morgan fingerprint density at radius 3 is 2.54 bits per heavy atom. The van der Waals surface area contributed by atoms with Gasteiger partial charge in [-0.25, -0.2) is 4.79 Å². The molecule has 0 radical (unpaired) electrons. The molecule has 0 aliphatic rings. The third-order valence-electron chi connectivity index (χ3n) is 3.50. The van der Waals surface area contributed by atoms with Crippen LogP contribution in [0.1, 0.15) is 51.5 Å². The van der Waals surface area contributed by atoms with E-state index >= 15 is 0 Å². The van der Waals surface area contributed by atoms with Crippen molar-refractivity contribution in [1.29, 1.82) is 0 Å². The number of hydrogen-bond acceptors (Lipinski definition) is 5. The minimum absolute atomic E-state index is 0.502. The van der Waals surface area contributed by atoms with Crippen molar-refractivity contribution in [2.75, 3.05) is 14.2 Å². The molecular formula is C19H27NO4. The first-order valence-electron chi connectivity index (χ1n) is 8.25. The molecule has 1 rings (SSSR count). The molecule has 24 heavy (non-hydrogen) atoms. The number of oxime groups is 1. The van der Waals surface area contributed by atoms with Crippen molar-refractivity contribution >= 4 is 17.8 Å². The summed E-state index contributed by atoms with van der Waals surface area (Å²) in [6.07, 6.45) is 8.52. The summed E-state index contributed by atoms with van der Waals surface area (Å²) < 4.78 is 10.4. The Bertz CT molecular complexity index is 579. The molecule has 0 unspecified atom stereocenters. The standard InChI is InChI=1S/C19H27NO4/c1-5-6-7-8-9-15(2)20-24-19(21)13-11-16-10-12-17(22-3)18(14-16)23-4/h10-14H,5-9H2,1-4H3/b13-11+,20-15-. The fourth-order valence-corrected chi connectivity index (χ4v) is 2.13. The van der Waals surface area contributed by atoms with Crippen LogP contribution in [0.3, 0.4) is 0 Å². The van der Waals surface area contributed by atoms with Gasteiger partial charge in [-0.3, -0.25) is 0 Å². The van der Waals surface area contributed by atoms with E-state index in [1.165, 1.54) is 25.3 Å². The van der Waals surface area contributed by atoms with Gasteiger partial charge in [-0.1, -0.05) is 37.4 Å². The minimum Gasteiger partial charge on any atom is -0.493 e. The molecule has 5 nitrogen and oxygen atoms in total. The SMILES string of the molecule is CCCCCC/C(C)=N\OC(=O)/C=C/c1ccc(OC)c(OC)c1. The first-order chi connectivity index (χ1) is 11.6. The van der Waals surface area contributed by atoms with Crippen molar-refractivity contribution in [3.05, 3.63) is 29.8 Å². The highest BCUT2D eigenvalue weighted by atomic mass is 16.7. The average Bonchev–Trinajstić information content (AvgIpc) is 2.61. The maximum absolute atomic E-state index is 11.7. The Morgan fingerprint density at radius 2 is 1.88 bits per heavy atom. The van der Waals surface area contributed by atoms with Crippen molar-refractivity contribution in [2.45, 2.75) is 46.0 Å². The fourth-order valence-electron chi connectivity index (χ4n) is 2.13. The van der Waals surface area contributed by atoms with Crippen molar-refractivity contribution in [2.24, 2.45) is 5.16 Å². The molecule has 0 fully saturated rings. The van der Waals surface area contributed by atoms with E-state index < -0.39 is 5.97 Å². The van der Waals surface area contributed by atoms with Gasteiger partial charge in [0.15, 0.2) is 11.5 Å². The van der Waals surface area contributed by atoms with Crippen molar-refractivity contribution in [3.63, 3.8) is 0 Å². The average molecular weight is 333 g/mol. The van der Waals surface area contributed by atoms with Gasteiger partial charge in [-0.2, -0.15) is 0 Å². The maximum Gasteiger partial charge on any atom is 0.358 e. The molecule has 0 atom stereocenters. The molecule has 0 aliphatic carbocycles. The summed E-state index contributed by atoms with van der Waals surface area (Å²) in [6.45, 7) is 4.05. The first-order valence-corrected chi connectivity index (χ1v) is 8.25. The number of carbonyl (C=O) groups is 1. The Morgan fingerprint density at radius 1 is 1.12 bits per heavy atom. The molecule has 0 amide bonds. The monoisotopic (exact) mass is 333 g/mol. The first kappa shape index (κ1) is 19.7. The van der Waals surface area contributed by atoms with Gasteiger partial charge < -0.3 is 14.3 Å². The van der Waals surface area contributed by atoms with E-state index in [2.05, 4.69) is 12.1 Å². The number of ether oxygens (including phenoxy) is 2. The zero-order valence-electron chi connectivity index (χ0n) is 15.0. The van der Waals surface area contributed by atoms with E-state index in [0.717, 1.165) is 24.1 Å². The summed E-state index contributed by atoms with van der Waals surface area (Å²) >= 11 is 0. The lowest BCUT2D eigenvalue weighted by atomic mass is 10.1. The summed E-state index contributed by atoms with van der Waals surface area (Å²) in [5.41, 5.74) is 1.64. The quantitative estimate of drug-likeness (QED) is 0.206. The highest BCUT2D eigenvalue weighted by molar-refractivity contribution is 5.88. The second-order valence-corrected chi connectivity index (χ2v) is 5.50. The molecule has 0 aliphatic heterocycles. The van der Waals surface area contributed by atoms with Crippen LogP contribution >= 0.6 is 0 Å². The molecule has 0 spiro atoms. The summed E-state index contributed by atoms with van der Waals surface area (Å²) in [5, 5.41) is 3.87. The molecule has 0 saturated heterocycles. The second kappa shape index (κ2) is 11.3. The van der Waals surface area contributed by atoms with Gasteiger partial charge in [-0.05, 0) is 43.5 Å². The normalized spacial score (nSPS) is 11.6. The number of hydrogen-bond donors (Lipinski definition) is 0. The van der Waals surface area contributed by atoms with Crippen LogP contribution in [-0.4, -0.2) is 25.9 Å². The molecule has 0 bridgehead atoms. The lowest BCUT2D eigenvalue weighted by molar-refractivity contribution is -0.137. The van der Waals surface area contributed by atoms with E-state index in [9.17, 15) is 4.79 Å². The largest absolute Gasteiger partial charge is 0.493 e. The maximum atomic E-state index is 11.7. The molecule has 0 saturated carbocycles. The number of unbranched alkanes of at least 4 members (excludes halogenated alkanes) is 3. The molecule has 5 heteroatoms. The third kappa shape index (κ3) is 7.31. The van der Waals surface area contributed by atoms with Gasteiger partial charge in [0.2, 0.25) is 0 Å². The molecular weight excluding hydrogens is 306 g/mol. The number of carbonyl (C=O) groups excluding carboxylic acids is 1. The Hall–Kier alpha value is -2.30. The van der Waals surface area contributed by atoms with E-state index in [1.54, 1.807) is 32.4 Å². The van der Waals surface area contributed by atoms with Crippen molar-refractivity contribution in [3.8, 4) is 11.5 Å². The summed E-state index contributed by atoms with van der Waals surface area (Å²) in [7, 11) is 3.14. The second-order valence-electron chi connectivity index (χ2n) is 5.50. The molecule has 1 aromatic carbocycles. The summed E-state index contributed by atoms with van der Waals surface area (Å²) in [6, 6.07) is 5.39. The van der Waals surface area contributed by atoms with Crippen LogP contribution in [0.25, 0.3) is 6.08 Å². The van der Waals surface area contributed by atoms with Crippen LogP contribution in [0, 0.1) is 0 Å². The highest BCUT2D eigenvalue weighted by Gasteiger charge is 2.03. The van der Waals surface area contributed by atoms with E-state index in [0.29, 0.717) is 11.5 Å². The molecule has 0 N–H and O–H groups in total. The van der Waals surface area contributed by atoms with Crippen LogP contribution < -0.4 is 9.47 Å².